The number of thiazole rings is 1. The minimum atomic E-state index is 0.183. The van der Waals surface area contributed by atoms with E-state index >= 15 is 0 Å². The first-order valence-corrected chi connectivity index (χ1v) is 9.68. The monoisotopic (exact) mass is 374 g/mol. The fourth-order valence-corrected chi connectivity index (χ4v) is 4.29. The number of aromatic nitrogens is 3. The van der Waals surface area contributed by atoms with Gasteiger partial charge in [0.1, 0.15) is 16.7 Å². The molecule has 130 valence electrons. The molecule has 1 aromatic carbocycles. The summed E-state index contributed by atoms with van der Waals surface area (Å²) in [7, 11) is 0. The summed E-state index contributed by atoms with van der Waals surface area (Å²) in [5.41, 5.74) is 1.86. The molecule has 25 heavy (non-hydrogen) atoms. The van der Waals surface area contributed by atoms with Crippen LogP contribution in [0, 0.1) is 0 Å². The molecule has 3 aromatic rings. The van der Waals surface area contributed by atoms with E-state index in [2.05, 4.69) is 32.4 Å². The topological polar surface area (TPSA) is 59.9 Å². The molecule has 0 aliphatic heterocycles. The number of ether oxygens (including phenoxy) is 1. The summed E-state index contributed by atoms with van der Waals surface area (Å²) >= 11 is 7.61. The maximum Gasteiger partial charge on any atom is 0.185 e. The summed E-state index contributed by atoms with van der Waals surface area (Å²) in [4.78, 5) is 13.6. The van der Waals surface area contributed by atoms with Crippen molar-refractivity contribution in [1.29, 1.82) is 0 Å². The van der Waals surface area contributed by atoms with Crippen LogP contribution in [-0.2, 0) is 11.3 Å². The molecule has 2 atom stereocenters. The molecule has 0 radical (unpaired) electrons. The third-order valence-corrected chi connectivity index (χ3v) is 5.64. The lowest BCUT2D eigenvalue weighted by Crippen LogP contribution is -2.38. The lowest BCUT2D eigenvalue weighted by Gasteiger charge is -2.32. The van der Waals surface area contributed by atoms with Crippen LogP contribution in [0.4, 0.5) is 5.13 Å². The quantitative estimate of drug-likeness (QED) is 0.657. The van der Waals surface area contributed by atoms with Gasteiger partial charge in [-0.1, -0.05) is 66.1 Å². The zero-order chi connectivity index (χ0) is 17.1. The highest BCUT2D eigenvalue weighted by Crippen LogP contribution is 2.31. The van der Waals surface area contributed by atoms with Gasteiger partial charge >= 0.3 is 0 Å². The van der Waals surface area contributed by atoms with Crippen molar-refractivity contribution in [2.24, 2.45) is 0 Å². The maximum absolute atomic E-state index is 6.21. The zero-order valence-electron chi connectivity index (χ0n) is 13.7. The predicted molar refractivity (Wildman–Crippen MR) is 101 cm³/mol. The normalized spacial score (nSPS) is 20.7. The first-order valence-electron chi connectivity index (χ1n) is 8.49. The lowest BCUT2D eigenvalue weighted by atomic mass is 9.92. The Bertz CT molecular complexity index is 841. The molecule has 1 aliphatic rings. The molecule has 0 bridgehead atoms. The first-order chi connectivity index (χ1) is 12.3. The van der Waals surface area contributed by atoms with Crippen molar-refractivity contribution in [3.63, 3.8) is 0 Å². The van der Waals surface area contributed by atoms with Crippen LogP contribution in [0.3, 0.4) is 0 Å². The summed E-state index contributed by atoms with van der Waals surface area (Å²) in [6.45, 7) is 0.640. The van der Waals surface area contributed by atoms with Crippen LogP contribution >= 0.6 is 22.9 Å². The van der Waals surface area contributed by atoms with E-state index in [1.54, 1.807) is 0 Å². The van der Waals surface area contributed by atoms with E-state index < -0.39 is 0 Å². The number of halogens is 1. The van der Waals surface area contributed by atoms with Gasteiger partial charge in [-0.15, -0.1) is 0 Å². The molecule has 4 rings (SSSR count). The molecule has 1 aliphatic carbocycles. The maximum atomic E-state index is 6.21. The van der Waals surface area contributed by atoms with Gasteiger partial charge in [-0.2, -0.15) is 0 Å². The van der Waals surface area contributed by atoms with Crippen molar-refractivity contribution in [1.82, 2.24) is 15.0 Å². The summed E-state index contributed by atoms with van der Waals surface area (Å²) in [6, 6.07) is 10.6. The van der Waals surface area contributed by atoms with Crippen molar-refractivity contribution < 1.29 is 4.74 Å². The average molecular weight is 375 g/mol. The number of hydrogen-bond donors (Lipinski definition) is 1. The Labute approximate surface area is 155 Å². The number of nitrogens with zero attached hydrogens (tertiary/aromatic N) is 3. The fraction of sp³-hybridized carbons (Fsp3) is 0.389. The number of fused-ring (bicyclic) bond motifs is 1. The number of benzene rings is 1. The van der Waals surface area contributed by atoms with Gasteiger partial charge < -0.3 is 10.1 Å². The van der Waals surface area contributed by atoms with E-state index in [1.165, 1.54) is 36.1 Å². The van der Waals surface area contributed by atoms with E-state index in [0.717, 1.165) is 22.8 Å². The van der Waals surface area contributed by atoms with Gasteiger partial charge in [-0.25, -0.2) is 15.0 Å². The van der Waals surface area contributed by atoms with Gasteiger partial charge in [0.15, 0.2) is 10.3 Å². The van der Waals surface area contributed by atoms with Crippen LogP contribution in [-0.4, -0.2) is 27.1 Å². The Morgan fingerprint density at radius 3 is 2.84 bits per heavy atom. The standard InChI is InChI=1S/C18H19ClN4OS/c19-16-15-17(21-11-20-16)25-18(23-15)22-13-8-4-5-9-14(13)24-10-12-6-2-1-3-7-12/h1-3,6-7,11,13-14H,4-5,8-10H2,(H,22,23)/t13?,14-/m1/s1. The van der Waals surface area contributed by atoms with E-state index in [1.807, 2.05) is 18.2 Å². The number of hydrogen-bond acceptors (Lipinski definition) is 6. The molecule has 1 fully saturated rings. The van der Waals surface area contributed by atoms with Crippen LogP contribution in [0.2, 0.25) is 5.15 Å². The van der Waals surface area contributed by atoms with Crippen LogP contribution in [0.15, 0.2) is 36.7 Å². The molecule has 2 heterocycles. The van der Waals surface area contributed by atoms with Gasteiger partial charge in [-0.3, -0.25) is 0 Å². The van der Waals surface area contributed by atoms with Crippen LogP contribution in [0.5, 0.6) is 0 Å². The van der Waals surface area contributed by atoms with Gasteiger partial charge in [0.05, 0.1) is 18.8 Å². The Kier molecular flexibility index (Phi) is 5.10. The lowest BCUT2D eigenvalue weighted by molar-refractivity contribution is 0.00884. The highest BCUT2D eigenvalue weighted by molar-refractivity contribution is 7.21. The largest absolute Gasteiger partial charge is 0.371 e. The van der Waals surface area contributed by atoms with Gasteiger partial charge in [-0.05, 0) is 18.4 Å². The summed E-state index contributed by atoms with van der Waals surface area (Å²) in [5.74, 6) is 0. The molecule has 0 amide bonds. The second-order valence-electron chi connectivity index (χ2n) is 6.21. The first kappa shape index (κ1) is 16.7. The molecule has 1 saturated carbocycles. The minimum absolute atomic E-state index is 0.183. The van der Waals surface area contributed by atoms with Crippen LogP contribution < -0.4 is 5.32 Å². The Balaban J connectivity index is 1.45. The summed E-state index contributed by atoms with van der Waals surface area (Å²) in [5, 5.41) is 4.77. The van der Waals surface area contributed by atoms with E-state index in [9.17, 15) is 0 Å². The molecular weight excluding hydrogens is 356 g/mol. The molecule has 1 N–H and O–H groups in total. The Morgan fingerprint density at radius 2 is 2.00 bits per heavy atom. The molecule has 0 spiro atoms. The van der Waals surface area contributed by atoms with Gasteiger partial charge in [0, 0.05) is 0 Å². The fourth-order valence-electron chi connectivity index (χ4n) is 3.19. The minimum Gasteiger partial charge on any atom is -0.371 e. The smallest absolute Gasteiger partial charge is 0.185 e. The molecular formula is C18H19ClN4OS. The van der Waals surface area contributed by atoms with E-state index in [-0.39, 0.29) is 12.1 Å². The van der Waals surface area contributed by atoms with Crippen molar-refractivity contribution in [2.75, 3.05) is 5.32 Å². The summed E-state index contributed by atoms with van der Waals surface area (Å²) < 4.78 is 6.21. The number of rotatable bonds is 5. The van der Waals surface area contributed by atoms with Crippen molar-refractivity contribution in [2.45, 2.75) is 44.4 Å². The number of nitrogens with one attached hydrogen (secondary N) is 1. The SMILES string of the molecule is Clc1ncnc2sc(NC3CCCC[C@H]3OCc3ccccc3)nc12. The van der Waals surface area contributed by atoms with Crippen LogP contribution in [0.1, 0.15) is 31.2 Å². The Hall–Kier alpha value is -1.76. The van der Waals surface area contributed by atoms with E-state index in [0.29, 0.717) is 17.3 Å². The molecule has 7 heteroatoms. The zero-order valence-corrected chi connectivity index (χ0v) is 15.3. The molecule has 5 nitrogen and oxygen atoms in total. The Morgan fingerprint density at radius 1 is 1.16 bits per heavy atom. The summed E-state index contributed by atoms with van der Waals surface area (Å²) in [6.07, 6.45) is 6.20. The average Bonchev–Trinajstić information content (AvgIpc) is 3.06. The third kappa shape index (κ3) is 3.92. The molecule has 0 saturated heterocycles. The highest BCUT2D eigenvalue weighted by atomic mass is 35.5. The van der Waals surface area contributed by atoms with Gasteiger partial charge in [0.2, 0.25) is 0 Å². The van der Waals surface area contributed by atoms with Gasteiger partial charge in [0.25, 0.3) is 0 Å². The highest BCUT2D eigenvalue weighted by Gasteiger charge is 2.27. The second-order valence-corrected chi connectivity index (χ2v) is 7.54. The van der Waals surface area contributed by atoms with E-state index in [4.69, 9.17) is 16.3 Å². The molecule has 1 unspecified atom stereocenters. The van der Waals surface area contributed by atoms with Crippen molar-refractivity contribution >= 4 is 38.4 Å². The second kappa shape index (κ2) is 7.64. The molecule has 2 aromatic heterocycles. The van der Waals surface area contributed by atoms with Crippen molar-refractivity contribution in [3.05, 3.63) is 47.4 Å². The predicted octanol–water partition coefficient (Wildman–Crippen LogP) is 4.68. The number of anilines is 1. The van der Waals surface area contributed by atoms with Crippen LogP contribution in [0.25, 0.3) is 10.3 Å². The van der Waals surface area contributed by atoms with Crippen molar-refractivity contribution in [3.8, 4) is 0 Å². The third-order valence-electron chi connectivity index (χ3n) is 4.47.